The number of hydrogen-bond donors (Lipinski definition) is 2. The van der Waals surface area contributed by atoms with Crippen molar-refractivity contribution in [1.82, 2.24) is 0 Å². The standard InChI is InChI=1S/C13H9F3N2O2S/c14-13(15,16)9-6-7(3-4-8(9)11(17)21)18-12(19)10-2-1-5-20-10/h1-6H,(H2,17,21)(H,18,19). The third-order valence-corrected chi connectivity index (χ3v) is 2.81. The molecule has 0 saturated carbocycles. The van der Waals surface area contributed by atoms with Crippen molar-refractivity contribution in [2.75, 3.05) is 5.32 Å². The Morgan fingerprint density at radius 1 is 1.29 bits per heavy atom. The molecule has 0 spiro atoms. The van der Waals surface area contributed by atoms with E-state index in [2.05, 4.69) is 17.5 Å². The van der Waals surface area contributed by atoms with Crippen LogP contribution in [0.1, 0.15) is 21.7 Å². The molecule has 0 aliphatic carbocycles. The number of thiocarbonyl (C=S) groups is 1. The van der Waals surface area contributed by atoms with Gasteiger partial charge in [0, 0.05) is 11.3 Å². The van der Waals surface area contributed by atoms with Crippen molar-refractivity contribution >= 4 is 28.8 Å². The van der Waals surface area contributed by atoms with Crippen molar-refractivity contribution < 1.29 is 22.4 Å². The molecular weight excluding hydrogens is 305 g/mol. The molecule has 0 unspecified atom stereocenters. The fourth-order valence-electron chi connectivity index (χ4n) is 1.67. The molecule has 0 radical (unpaired) electrons. The topological polar surface area (TPSA) is 68.3 Å². The predicted octanol–water partition coefficient (Wildman–Crippen LogP) is 3.18. The molecule has 1 heterocycles. The summed E-state index contributed by atoms with van der Waals surface area (Å²) >= 11 is 4.59. The Morgan fingerprint density at radius 2 is 2.00 bits per heavy atom. The lowest BCUT2D eigenvalue weighted by molar-refractivity contribution is -0.137. The van der Waals surface area contributed by atoms with E-state index in [9.17, 15) is 18.0 Å². The highest BCUT2D eigenvalue weighted by molar-refractivity contribution is 7.80. The number of anilines is 1. The smallest absolute Gasteiger partial charge is 0.417 e. The molecule has 2 aromatic rings. The molecular formula is C13H9F3N2O2S. The first-order valence-corrected chi connectivity index (χ1v) is 6.06. The summed E-state index contributed by atoms with van der Waals surface area (Å²) in [7, 11) is 0. The maximum Gasteiger partial charge on any atom is 0.417 e. The van der Waals surface area contributed by atoms with Gasteiger partial charge in [0.1, 0.15) is 4.99 Å². The summed E-state index contributed by atoms with van der Waals surface area (Å²) in [4.78, 5) is 11.3. The lowest BCUT2D eigenvalue weighted by Crippen LogP contribution is -2.19. The number of furan rings is 1. The van der Waals surface area contributed by atoms with Crippen LogP contribution in [0.25, 0.3) is 0 Å². The van der Waals surface area contributed by atoms with E-state index in [-0.39, 0.29) is 22.0 Å². The third kappa shape index (κ3) is 3.40. The van der Waals surface area contributed by atoms with Crippen LogP contribution in [0.4, 0.5) is 18.9 Å². The summed E-state index contributed by atoms with van der Waals surface area (Å²) < 4.78 is 43.7. The van der Waals surface area contributed by atoms with Gasteiger partial charge >= 0.3 is 6.18 Å². The Hall–Kier alpha value is -2.35. The van der Waals surface area contributed by atoms with Gasteiger partial charge in [-0.15, -0.1) is 0 Å². The highest BCUT2D eigenvalue weighted by atomic mass is 32.1. The Bertz CT molecular complexity index is 681. The highest BCUT2D eigenvalue weighted by Crippen LogP contribution is 2.34. The fraction of sp³-hybridized carbons (Fsp3) is 0.0769. The van der Waals surface area contributed by atoms with E-state index in [1.807, 2.05) is 0 Å². The molecule has 1 amide bonds. The lowest BCUT2D eigenvalue weighted by atomic mass is 10.1. The Kier molecular flexibility index (Phi) is 3.99. The summed E-state index contributed by atoms with van der Waals surface area (Å²) in [5.41, 5.74) is 3.93. The van der Waals surface area contributed by atoms with E-state index in [0.29, 0.717) is 0 Å². The van der Waals surface area contributed by atoms with Gasteiger partial charge in [-0.3, -0.25) is 4.79 Å². The molecule has 0 aliphatic rings. The molecule has 1 aromatic carbocycles. The quantitative estimate of drug-likeness (QED) is 0.854. The van der Waals surface area contributed by atoms with Gasteiger partial charge in [0.25, 0.3) is 5.91 Å². The van der Waals surface area contributed by atoms with Gasteiger partial charge in [0.2, 0.25) is 0 Å². The molecule has 2 rings (SSSR count). The SMILES string of the molecule is NC(=S)c1ccc(NC(=O)c2ccco2)cc1C(F)(F)F. The minimum atomic E-state index is -4.63. The largest absolute Gasteiger partial charge is 0.459 e. The minimum Gasteiger partial charge on any atom is -0.459 e. The number of nitrogens with one attached hydrogen (secondary N) is 1. The van der Waals surface area contributed by atoms with E-state index < -0.39 is 17.6 Å². The molecule has 1 aromatic heterocycles. The molecule has 3 N–H and O–H groups in total. The predicted molar refractivity (Wildman–Crippen MR) is 74.0 cm³/mol. The fourth-order valence-corrected chi connectivity index (χ4v) is 1.85. The Balaban J connectivity index is 2.34. The van der Waals surface area contributed by atoms with Crippen molar-refractivity contribution in [3.05, 3.63) is 53.5 Å². The zero-order valence-corrected chi connectivity index (χ0v) is 11.2. The van der Waals surface area contributed by atoms with Crippen molar-refractivity contribution in [1.29, 1.82) is 0 Å². The van der Waals surface area contributed by atoms with Crippen molar-refractivity contribution in [2.24, 2.45) is 5.73 Å². The van der Waals surface area contributed by atoms with E-state index in [1.165, 1.54) is 24.5 Å². The second-order valence-electron chi connectivity index (χ2n) is 4.05. The van der Waals surface area contributed by atoms with Gasteiger partial charge in [-0.1, -0.05) is 12.2 Å². The van der Waals surface area contributed by atoms with Gasteiger partial charge in [0.05, 0.1) is 11.8 Å². The Labute approximate surface area is 122 Å². The van der Waals surface area contributed by atoms with Crippen LogP contribution >= 0.6 is 12.2 Å². The number of carbonyl (C=O) groups is 1. The Morgan fingerprint density at radius 3 is 2.52 bits per heavy atom. The summed E-state index contributed by atoms with van der Waals surface area (Å²) in [5.74, 6) is -0.668. The van der Waals surface area contributed by atoms with E-state index in [1.54, 1.807) is 0 Å². The van der Waals surface area contributed by atoms with Crippen molar-refractivity contribution in [2.45, 2.75) is 6.18 Å². The number of benzene rings is 1. The van der Waals surface area contributed by atoms with Crippen molar-refractivity contribution in [3.63, 3.8) is 0 Å². The van der Waals surface area contributed by atoms with E-state index in [4.69, 9.17) is 10.2 Å². The van der Waals surface area contributed by atoms with E-state index >= 15 is 0 Å². The molecule has 0 aliphatic heterocycles. The number of halogens is 3. The number of rotatable bonds is 3. The zero-order chi connectivity index (χ0) is 15.6. The van der Waals surface area contributed by atoms with Crippen LogP contribution in [0.2, 0.25) is 0 Å². The van der Waals surface area contributed by atoms with E-state index in [0.717, 1.165) is 12.1 Å². The van der Waals surface area contributed by atoms with Gasteiger partial charge in [-0.2, -0.15) is 13.2 Å². The molecule has 0 saturated heterocycles. The lowest BCUT2D eigenvalue weighted by Gasteiger charge is -2.14. The summed E-state index contributed by atoms with van der Waals surface area (Å²) in [6.07, 6.45) is -3.35. The minimum absolute atomic E-state index is 0.0121. The average Bonchev–Trinajstić information content (AvgIpc) is 2.91. The molecule has 8 heteroatoms. The van der Waals surface area contributed by atoms with Crippen molar-refractivity contribution in [3.8, 4) is 0 Å². The van der Waals surface area contributed by atoms with Crippen LogP contribution in [0, 0.1) is 0 Å². The van der Waals surface area contributed by atoms with Crippen LogP contribution in [-0.4, -0.2) is 10.9 Å². The monoisotopic (exact) mass is 314 g/mol. The van der Waals surface area contributed by atoms with Gasteiger partial charge in [-0.25, -0.2) is 0 Å². The highest BCUT2D eigenvalue weighted by Gasteiger charge is 2.34. The van der Waals surface area contributed by atoms with Crippen LogP contribution in [0.15, 0.2) is 41.0 Å². The zero-order valence-electron chi connectivity index (χ0n) is 10.4. The molecule has 21 heavy (non-hydrogen) atoms. The molecule has 110 valence electrons. The second kappa shape index (κ2) is 5.57. The molecule has 4 nitrogen and oxygen atoms in total. The summed E-state index contributed by atoms with van der Waals surface area (Å²) in [5, 5.41) is 2.31. The number of hydrogen-bond acceptors (Lipinski definition) is 3. The number of carbonyl (C=O) groups excluding carboxylic acids is 1. The number of alkyl halides is 3. The molecule has 0 fully saturated rings. The third-order valence-electron chi connectivity index (χ3n) is 2.59. The maximum atomic E-state index is 13.0. The van der Waals surface area contributed by atoms with Gasteiger partial charge in [-0.05, 0) is 30.3 Å². The average molecular weight is 314 g/mol. The second-order valence-corrected chi connectivity index (χ2v) is 4.49. The first kappa shape index (κ1) is 15.0. The summed E-state index contributed by atoms with van der Waals surface area (Å²) in [6, 6.07) is 6.05. The number of nitrogens with two attached hydrogens (primary N) is 1. The first-order chi connectivity index (χ1) is 9.79. The normalized spacial score (nSPS) is 11.2. The van der Waals surface area contributed by atoms with Gasteiger partial charge < -0.3 is 15.5 Å². The molecule has 0 bridgehead atoms. The van der Waals surface area contributed by atoms with Crippen LogP contribution in [0.5, 0.6) is 0 Å². The maximum absolute atomic E-state index is 13.0. The van der Waals surface area contributed by atoms with Crippen LogP contribution < -0.4 is 11.1 Å². The van der Waals surface area contributed by atoms with Crippen LogP contribution in [0.3, 0.4) is 0 Å². The molecule has 0 atom stereocenters. The summed E-state index contributed by atoms with van der Waals surface area (Å²) in [6.45, 7) is 0. The van der Waals surface area contributed by atoms with Gasteiger partial charge in [0.15, 0.2) is 5.76 Å². The number of amides is 1. The first-order valence-electron chi connectivity index (χ1n) is 5.65. The van der Waals surface area contributed by atoms with Crippen LogP contribution in [-0.2, 0) is 6.18 Å².